The second-order valence-electron chi connectivity index (χ2n) is 8.33. The molecular formula is C25H31N3O2S. The molecule has 1 aliphatic heterocycles. The molecule has 1 fully saturated rings. The van der Waals surface area contributed by atoms with E-state index in [4.69, 9.17) is 4.74 Å². The van der Waals surface area contributed by atoms with Crippen molar-refractivity contribution in [2.45, 2.75) is 43.7 Å². The minimum absolute atomic E-state index is 0.304. The van der Waals surface area contributed by atoms with Gasteiger partial charge in [-0.15, -0.1) is 10.2 Å². The van der Waals surface area contributed by atoms with E-state index in [-0.39, 0.29) is 0 Å². The maximum atomic E-state index is 12.6. The first kappa shape index (κ1) is 21.9. The summed E-state index contributed by atoms with van der Waals surface area (Å²) in [4.78, 5) is 2.55. The molecule has 2 aromatic rings. The van der Waals surface area contributed by atoms with Crippen LogP contribution in [-0.4, -0.2) is 50.8 Å². The van der Waals surface area contributed by atoms with Crippen LogP contribution in [0.15, 0.2) is 65.7 Å². The van der Waals surface area contributed by atoms with Crippen molar-refractivity contribution in [1.29, 1.82) is 0 Å². The zero-order valence-electron chi connectivity index (χ0n) is 18.2. The molecule has 2 unspecified atom stereocenters. The van der Waals surface area contributed by atoms with Crippen molar-refractivity contribution < 1.29 is 8.95 Å². The van der Waals surface area contributed by atoms with Crippen molar-refractivity contribution in [3.05, 3.63) is 60.7 Å². The van der Waals surface area contributed by atoms with Gasteiger partial charge in [-0.05, 0) is 81.5 Å². The zero-order valence-corrected chi connectivity index (χ0v) is 19.0. The average molecular weight is 438 g/mol. The molecule has 5 nitrogen and oxygen atoms in total. The first-order valence-electron chi connectivity index (χ1n) is 11.2. The summed E-state index contributed by atoms with van der Waals surface area (Å²) in [6.45, 7) is 5.37. The third kappa shape index (κ3) is 6.11. The normalized spacial score (nSPS) is 22.0. The molecule has 3 atom stereocenters. The van der Waals surface area contributed by atoms with Crippen LogP contribution in [0.2, 0.25) is 0 Å². The Bertz CT molecular complexity index is 925. The molecule has 2 aliphatic rings. The molecule has 0 amide bonds. The van der Waals surface area contributed by atoms with E-state index in [1.165, 1.54) is 19.4 Å². The average Bonchev–Trinajstić information content (AvgIpc) is 3.22. The second-order valence-corrected chi connectivity index (χ2v) is 9.77. The summed E-state index contributed by atoms with van der Waals surface area (Å²) in [6, 6.07) is 12.4. The van der Waals surface area contributed by atoms with Gasteiger partial charge in [-0.1, -0.05) is 24.3 Å². The van der Waals surface area contributed by atoms with E-state index in [0.29, 0.717) is 22.7 Å². The van der Waals surface area contributed by atoms with Gasteiger partial charge in [-0.3, -0.25) is 4.21 Å². The van der Waals surface area contributed by atoms with Gasteiger partial charge in [0.1, 0.15) is 10.8 Å². The number of ether oxygens (including phenoxy) is 1. The topological polar surface area (TPSA) is 55.3 Å². The number of nitrogens with zero attached hydrogens (tertiary/aromatic N) is 3. The van der Waals surface area contributed by atoms with Crippen molar-refractivity contribution in [3.8, 4) is 17.0 Å². The van der Waals surface area contributed by atoms with Crippen LogP contribution in [0.25, 0.3) is 11.3 Å². The van der Waals surface area contributed by atoms with Gasteiger partial charge >= 0.3 is 0 Å². The van der Waals surface area contributed by atoms with Gasteiger partial charge in [0.2, 0.25) is 0 Å². The number of benzene rings is 1. The third-order valence-corrected chi connectivity index (χ3v) is 7.42. The van der Waals surface area contributed by atoms with Crippen LogP contribution >= 0.6 is 0 Å². The summed E-state index contributed by atoms with van der Waals surface area (Å²) < 4.78 is 18.5. The number of aromatic nitrogens is 2. The molecule has 2 heterocycles. The summed E-state index contributed by atoms with van der Waals surface area (Å²) in [6.07, 6.45) is 12.9. The maximum absolute atomic E-state index is 12.6. The molecular weight excluding hydrogens is 406 g/mol. The lowest BCUT2D eigenvalue weighted by molar-refractivity contribution is 0.230. The Morgan fingerprint density at radius 1 is 1.13 bits per heavy atom. The Balaban J connectivity index is 1.26. The molecule has 0 radical (unpaired) electrons. The molecule has 6 heteroatoms. The third-order valence-electron chi connectivity index (χ3n) is 6.01. The Kier molecular flexibility index (Phi) is 7.65. The number of hydrogen-bond acceptors (Lipinski definition) is 5. The molecule has 0 saturated carbocycles. The van der Waals surface area contributed by atoms with Crippen LogP contribution in [0.4, 0.5) is 0 Å². The van der Waals surface area contributed by atoms with Crippen molar-refractivity contribution in [3.63, 3.8) is 0 Å². The van der Waals surface area contributed by atoms with Gasteiger partial charge in [-0.25, -0.2) is 0 Å². The van der Waals surface area contributed by atoms with Crippen LogP contribution in [0.5, 0.6) is 5.75 Å². The predicted octanol–water partition coefficient (Wildman–Crippen LogP) is 4.64. The fourth-order valence-electron chi connectivity index (χ4n) is 4.14. The smallest absolute Gasteiger partial charge is 0.149 e. The minimum Gasteiger partial charge on any atom is -0.494 e. The van der Waals surface area contributed by atoms with E-state index in [1.807, 2.05) is 48.6 Å². The highest BCUT2D eigenvalue weighted by molar-refractivity contribution is 7.84. The van der Waals surface area contributed by atoms with Crippen molar-refractivity contribution in [2.75, 3.05) is 25.4 Å². The summed E-state index contributed by atoms with van der Waals surface area (Å²) in [5.74, 6) is 1.76. The Labute approximate surface area is 187 Å². The van der Waals surface area contributed by atoms with Gasteiger partial charge in [0.25, 0.3) is 0 Å². The number of hydrogen-bond donors (Lipinski definition) is 0. The molecule has 1 aliphatic carbocycles. The van der Waals surface area contributed by atoms with E-state index in [1.54, 1.807) is 0 Å². The lowest BCUT2D eigenvalue weighted by Gasteiger charge is -2.20. The zero-order chi connectivity index (χ0) is 21.5. The molecule has 0 spiro atoms. The second kappa shape index (κ2) is 10.8. The van der Waals surface area contributed by atoms with Crippen molar-refractivity contribution >= 4 is 10.8 Å². The SMILES string of the molecule is C[C@@H]1CCCN1CCCOc1ccc(-c2ccc(S(=O)CC3C=CC=CC3)nn2)cc1. The van der Waals surface area contributed by atoms with E-state index in [0.717, 1.165) is 43.0 Å². The highest BCUT2D eigenvalue weighted by atomic mass is 32.2. The summed E-state index contributed by atoms with van der Waals surface area (Å²) in [7, 11) is -1.14. The highest BCUT2D eigenvalue weighted by Gasteiger charge is 2.19. The Morgan fingerprint density at radius 3 is 2.68 bits per heavy atom. The summed E-state index contributed by atoms with van der Waals surface area (Å²) in [5, 5.41) is 9.06. The predicted molar refractivity (Wildman–Crippen MR) is 126 cm³/mol. The van der Waals surface area contributed by atoms with Gasteiger partial charge in [0, 0.05) is 23.9 Å². The van der Waals surface area contributed by atoms with E-state index < -0.39 is 10.8 Å². The number of likely N-dealkylation sites (tertiary alicyclic amines) is 1. The molecule has 0 bridgehead atoms. The van der Waals surface area contributed by atoms with E-state index in [9.17, 15) is 4.21 Å². The quantitative estimate of drug-likeness (QED) is 0.535. The van der Waals surface area contributed by atoms with Crippen molar-refractivity contribution in [1.82, 2.24) is 15.1 Å². The molecule has 31 heavy (non-hydrogen) atoms. The van der Waals surface area contributed by atoms with Gasteiger partial charge < -0.3 is 9.64 Å². The number of allylic oxidation sites excluding steroid dienone is 4. The fraction of sp³-hybridized carbons (Fsp3) is 0.440. The van der Waals surface area contributed by atoms with Gasteiger partial charge in [0.05, 0.1) is 23.1 Å². The van der Waals surface area contributed by atoms with Crippen molar-refractivity contribution in [2.24, 2.45) is 5.92 Å². The van der Waals surface area contributed by atoms with Crippen LogP contribution in [0.3, 0.4) is 0 Å². The summed E-state index contributed by atoms with van der Waals surface area (Å²) in [5.41, 5.74) is 1.75. The van der Waals surface area contributed by atoms with Crippen LogP contribution in [-0.2, 0) is 10.8 Å². The van der Waals surface area contributed by atoms with E-state index in [2.05, 4.69) is 34.2 Å². The molecule has 1 aromatic carbocycles. The first-order valence-corrected chi connectivity index (χ1v) is 12.5. The van der Waals surface area contributed by atoms with Gasteiger partial charge in [0.15, 0.2) is 0 Å². The number of rotatable bonds is 9. The largest absolute Gasteiger partial charge is 0.494 e. The molecule has 0 N–H and O–H groups in total. The lowest BCUT2D eigenvalue weighted by atomic mass is 10.0. The molecule has 164 valence electrons. The lowest BCUT2D eigenvalue weighted by Crippen LogP contribution is -2.28. The monoisotopic (exact) mass is 437 g/mol. The molecule has 1 saturated heterocycles. The van der Waals surface area contributed by atoms with Crippen LogP contribution in [0, 0.1) is 5.92 Å². The fourth-order valence-corrected chi connectivity index (χ4v) is 5.29. The van der Waals surface area contributed by atoms with Crippen LogP contribution in [0.1, 0.15) is 32.6 Å². The summed E-state index contributed by atoms with van der Waals surface area (Å²) >= 11 is 0. The Hall–Kier alpha value is -2.31. The molecule has 1 aromatic heterocycles. The maximum Gasteiger partial charge on any atom is 0.149 e. The standard InChI is InChI=1S/C25H31N3O2S/c1-20-7-5-16-28(20)17-6-18-30-23-12-10-22(11-13-23)24-14-15-25(27-26-24)31(29)19-21-8-3-2-4-9-21/h2-4,8,10-15,20-21H,5-7,9,16-19H2,1H3/t20-,21?,31?/m1/s1. The van der Waals surface area contributed by atoms with Gasteiger partial charge in [-0.2, -0.15) is 0 Å². The minimum atomic E-state index is -1.14. The van der Waals surface area contributed by atoms with Crippen LogP contribution < -0.4 is 4.74 Å². The van der Waals surface area contributed by atoms with E-state index >= 15 is 0 Å². The first-order chi connectivity index (χ1) is 15.2. The molecule has 4 rings (SSSR count). The highest BCUT2D eigenvalue weighted by Crippen LogP contribution is 2.22. The Morgan fingerprint density at radius 2 is 2.00 bits per heavy atom.